The van der Waals surface area contributed by atoms with Gasteiger partial charge in [0.2, 0.25) is 0 Å². The summed E-state index contributed by atoms with van der Waals surface area (Å²) in [5, 5.41) is 0.372. The third-order valence-corrected chi connectivity index (χ3v) is 24.6. The van der Waals surface area contributed by atoms with Gasteiger partial charge in [0.1, 0.15) is 6.61 Å². The molecule has 6 aliphatic carbocycles. The molecule has 0 unspecified atom stereocenters. The Bertz CT molecular complexity index is 1290. The highest BCUT2D eigenvalue weighted by atomic mass is 28.4. The van der Waals surface area contributed by atoms with Gasteiger partial charge in [-0.25, -0.2) is 0 Å². The molecule has 0 aromatic rings. The van der Waals surface area contributed by atoms with Crippen LogP contribution in [0.4, 0.5) is 0 Å². The minimum absolute atomic E-state index is 0.0213. The maximum Gasteiger partial charge on any atom is 0.309 e. The molecule has 2 bridgehead atoms. The number of hydrogen-bond donors (Lipinski definition) is 0. The summed E-state index contributed by atoms with van der Waals surface area (Å²) in [5.41, 5.74) is 4.98. The maximum atomic E-state index is 13.6. The van der Waals surface area contributed by atoms with Crippen molar-refractivity contribution >= 4 is 22.6 Å². The first-order valence-electron chi connectivity index (χ1n) is 20.1. The predicted molar refractivity (Wildman–Crippen MR) is 211 cm³/mol. The number of ether oxygens (including phenoxy) is 1. The highest BCUT2D eigenvalue weighted by Gasteiger charge is 2.54. The van der Waals surface area contributed by atoms with Crippen LogP contribution in [0.5, 0.6) is 0 Å². The van der Waals surface area contributed by atoms with Gasteiger partial charge in [0.15, 0.2) is 16.6 Å². The van der Waals surface area contributed by atoms with E-state index in [1.54, 1.807) is 5.57 Å². The van der Waals surface area contributed by atoms with Crippen LogP contribution in [-0.2, 0) is 18.4 Å². The Morgan fingerprint density at radius 1 is 0.898 bits per heavy atom. The third-order valence-electron chi connectivity index (χ3n) is 15.6. The van der Waals surface area contributed by atoms with Gasteiger partial charge in [0, 0.05) is 0 Å². The number of esters is 1. The van der Waals surface area contributed by atoms with E-state index in [1.165, 1.54) is 43.3 Å². The minimum atomic E-state index is -1.91. The van der Waals surface area contributed by atoms with Crippen molar-refractivity contribution in [3.8, 4) is 0 Å². The summed E-state index contributed by atoms with van der Waals surface area (Å²) in [4.78, 5) is 13.6. The summed E-state index contributed by atoms with van der Waals surface area (Å²) in [5.74, 6) is 2.30. The molecular weight excluding hydrogens is 637 g/mol. The highest BCUT2D eigenvalue weighted by Crippen LogP contribution is 2.61. The van der Waals surface area contributed by atoms with E-state index in [9.17, 15) is 4.79 Å². The Balaban J connectivity index is 1.29. The number of rotatable bonds is 9. The molecule has 0 spiro atoms. The Labute approximate surface area is 303 Å². The zero-order valence-electron chi connectivity index (χ0n) is 34.2. The first-order chi connectivity index (χ1) is 22.5. The Kier molecular flexibility index (Phi) is 11.0. The summed E-state index contributed by atoms with van der Waals surface area (Å²) in [6, 6.07) is 0. The smallest absolute Gasteiger partial charge is 0.309 e. The molecule has 4 fully saturated rings. The SMILES string of the molecule is C[C@H](C(=O)OCC1=CC[C@H]2C[C@@H]1C2(C)C)[C@H]1CC[C@H]2C(=CC=C3C[C@@H](O[Si](C)(C)C(C)(C)C)C[C@H](O[Si](C)(C)C(C)(C)C)C3)CCC[C@]12C. The predicted octanol–water partition coefficient (Wildman–Crippen LogP) is 12.2. The lowest BCUT2D eigenvalue weighted by Crippen LogP contribution is -2.49. The van der Waals surface area contributed by atoms with Crippen LogP contribution >= 0.6 is 0 Å². The van der Waals surface area contributed by atoms with Crippen LogP contribution in [0, 0.1) is 40.4 Å². The lowest BCUT2D eigenvalue weighted by molar-refractivity contribution is -0.151. The average molecular weight is 711 g/mol. The van der Waals surface area contributed by atoms with E-state index in [1.807, 2.05) is 0 Å². The quantitative estimate of drug-likeness (QED) is 0.136. The topological polar surface area (TPSA) is 44.8 Å². The van der Waals surface area contributed by atoms with Crippen molar-refractivity contribution in [2.45, 2.75) is 182 Å². The van der Waals surface area contributed by atoms with E-state index >= 15 is 0 Å². The molecule has 0 amide bonds. The molecule has 0 heterocycles. The Morgan fingerprint density at radius 3 is 2.02 bits per heavy atom. The van der Waals surface area contributed by atoms with Gasteiger partial charge in [0.05, 0.1) is 18.1 Å². The summed E-state index contributed by atoms with van der Waals surface area (Å²) < 4.78 is 20.3. The van der Waals surface area contributed by atoms with E-state index in [4.69, 9.17) is 13.6 Å². The van der Waals surface area contributed by atoms with Gasteiger partial charge in [-0.3, -0.25) is 4.79 Å². The molecule has 0 aromatic heterocycles. The molecule has 0 aromatic carbocycles. The van der Waals surface area contributed by atoms with Gasteiger partial charge in [-0.1, -0.05) is 98.6 Å². The second-order valence-electron chi connectivity index (χ2n) is 21.0. The third kappa shape index (κ3) is 7.88. The van der Waals surface area contributed by atoms with Crippen LogP contribution in [0.2, 0.25) is 36.3 Å². The molecule has 0 N–H and O–H groups in total. The van der Waals surface area contributed by atoms with E-state index < -0.39 is 16.6 Å². The summed E-state index contributed by atoms with van der Waals surface area (Å²) in [6.45, 7) is 33.6. The molecule has 0 saturated heterocycles. The number of carbonyl (C=O) groups excluding carboxylic acids is 1. The zero-order chi connectivity index (χ0) is 36.4. The molecule has 4 saturated carbocycles. The monoisotopic (exact) mass is 711 g/mol. The fraction of sp³-hybridized carbons (Fsp3) is 0.837. The van der Waals surface area contributed by atoms with Gasteiger partial charge in [-0.15, -0.1) is 0 Å². The van der Waals surface area contributed by atoms with Crippen molar-refractivity contribution < 1.29 is 18.4 Å². The maximum absolute atomic E-state index is 13.6. The molecule has 0 aliphatic heterocycles. The van der Waals surface area contributed by atoms with Crippen molar-refractivity contribution in [3.05, 3.63) is 34.9 Å². The van der Waals surface area contributed by atoms with Crippen LogP contribution in [0.25, 0.3) is 0 Å². The minimum Gasteiger partial charge on any atom is -0.461 e. The van der Waals surface area contributed by atoms with Crippen molar-refractivity contribution in [1.29, 1.82) is 0 Å². The fourth-order valence-electron chi connectivity index (χ4n) is 10.0. The molecular formula is C43H74O4Si2. The van der Waals surface area contributed by atoms with E-state index in [0.29, 0.717) is 29.8 Å². The van der Waals surface area contributed by atoms with Crippen molar-refractivity contribution in [1.82, 2.24) is 0 Å². The highest BCUT2D eigenvalue weighted by molar-refractivity contribution is 6.74. The van der Waals surface area contributed by atoms with Gasteiger partial charge in [-0.05, 0) is 141 Å². The van der Waals surface area contributed by atoms with Crippen LogP contribution in [0.1, 0.15) is 133 Å². The van der Waals surface area contributed by atoms with Gasteiger partial charge in [-0.2, -0.15) is 0 Å². The van der Waals surface area contributed by atoms with Gasteiger partial charge in [0.25, 0.3) is 0 Å². The summed E-state index contributed by atoms with van der Waals surface area (Å²) >= 11 is 0. The largest absolute Gasteiger partial charge is 0.461 e. The summed E-state index contributed by atoms with van der Waals surface area (Å²) in [7, 11) is -3.82. The molecule has 6 rings (SSSR count). The van der Waals surface area contributed by atoms with E-state index in [0.717, 1.165) is 38.0 Å². The molecule has 278 valence electrons. The first kappa shape index (κ1) is 39.3. The van der Waals surface area contributed by atoms with Crippen molar-refractivity contribution in [2.24, 2.45) is 40.4 Å². The fourth-order valence-corrected chi connectivity index (χ4v) is 12.8. The standard InChI is InChI=1S/C43H74O4Si2/c1-29(39(44)45-28-32-19-20-33-26-38(32)42(33,8)9)36-21-22-37-31(16-15-23-43(36,37)10)18-17-30-24-34(46-48(11,12)40(2,3)4)27-35(25-30)47-49(13,14)41(5,6)7/h17-19,29,33-38H,15-16,20-28H2,1-14H3/t29-,33-,34+,35+,36+,37-,38-,43+/m0/s1. The number of allylic oxidation sites excluding steroid dienone is 4. The lowest BCUT2D eigenvalue weighted by Gasteiger charge is -2.56. The number of carbonyl (C=O) groups is 1. The van der Waals surface area contributed by atoms with Crippen molar-refractivity contribution in [3.63, 3.8) is 0 Å². The molecule has 4 nitrogen and oxygen atoms in total. The van der Waals surface area contributed by atoms with Crippen LogP contribution in [-0.4, -0.2) is 41.4 Å². The number of hydrogen-bond acceptors (Lipinski definition) is 4. The van der Waals surface area contributed by atoms with Crippen LogP contribution < -0.4 is 0 Å². The summed E-state index contributed by atoms with van der Waals surface area (Å²) in [6.07, 6.45) is 19.1. The molecule has 49 heavy (non-hydrogen) atoms. The van der Waals surface area contributed by atoms with E-state index in [-0.39, 0.29) is 39.6 Å². The molecule has 8 atom stereocenters. The Hall–Kier alpha value is -0.956. The average Bonchev–Trinajstić information content (AvgIpc) is 3.34. The van der Waals surface area contributed by atoms with Gasteiger partial charge < -0.3 is 13.6 Å². The normalized spacial score (nSPS) is 34.9. The van der Waals surface area contributed by atoms with Crippen LogP contribution in [0.15, 0.2) is 34.9 Å². The Morgan fingerprint density at radius 2 is 1.49 bits per heavy atom. The van der Waals surface area contributed by atoms with E-state index in [2.05, 4.69) is 114 Å². The van der Waals surface area contributed by atoms with Crippen molar-refractivity contribution in [2.75, 3.05) is 6.61 Å². The molecule has 6 aliphatic rings. The van der Waals surface area contributed by atoms with Crippen LogP contribution in [0.3, 0.4) is 0 Å². The zero-order valence-corrected chi connectivity index (χ0v) is 36.2. The second kappa shape index (κ2) is 13.8. The lowest BCUT2D eigenvalue weighted by atomic mass is 9.49. The molecule has 6 heteroatoms. The first-order valence-corrected chi connectivity index (χ1v) is 25.9. The van der Waals surface area contributed by atoms with Gasteiger partial charge >= 0.3 is 5.97 Å². The number of fused-ring (bicyclic) bond motifs is 2. The molecule has 0 radical (unpaired) electrons. The second-order valence-corrected chi connectivity index (χ2v) is 30.5.